The van der Waals surface area contributed by atoms with E-state index in [0.717, 1.165) is 21.5 Å². The Morgan fingerprint density at radius 1 is 1.19 bits per heavy atom. The van der Waals surface area contributed by atoms with Gasteiger partial charge in [0.15, 0.2) is 5.65 Å². The van der Waals surface area contributed by atoms with Gasteiger partial charge in [0.25, 0.3) is 0 Å². The fourth-order valence-corrected chi connectivity index (χ4v) is 3.26. The Kier molecular flexibility index (Phi) is 4.30. The van der Waals surface area contributed by atoms with E-state index in [-0.39, 0.29) is 5.75 Å². The molecule has 4 aromatic rings. The number of phenols is 1. The Balaban J connectivity index is 1.92. The van der Waals surface area contributed by atoms with Crippen LogP contribution in [0.2, 0.25) is 5.02 Å². The number of hydrogen-bond donors (Lipinski definition) is 2. The fourth-order valence-electron chi connectivity index (χ4n) is 2.72. The first-order valence-electron chi connectivity index (χ1n) is 7.87. The number of hydrogen-bond acceptors (Lipinski definition) is 4. The van der Waals surface area contributed by atoms with E-state index in [2.05, 4.69) is 31.2 Å². The van der Waals surface area contributed by atoms with Crippen molar-refractivity contribution in [2.24, 2.45) is 0 Å². The Hall–Kier alpha value is -2.57. The van der Waals surface area contributed by atoms with E-state index < -0.39 is 0 Å². The standard InChI is InChI=1S/C19H14BrClN4O/c1-11-2-4-13(9-15(11)21)23-19-18(14-8-12(20)3-5-16(14)26)24-17-10-22-6-7-25(17)19/h2-10,23,26H,1H3. The number of nitrogens with zero attached hydrogens (tertiary/aromatic N) is 3. The van der Waals surface area contributed by atoms with Gasteiger partial charge in [0.2, 0.25) is 0 Å². The zero-order chi connectivity index (χ0) is 18.3. The molecule has 0 fully saturated rings. The summed E-state index contributed by atoms with van der Waals surface area (Å²) in [5.41, 5.74) is 3.74. The molecule has 0 bridgehead atoms. The molecule has 0 aliphatic rings. The van der Waals surface area contributed by atoms with Gasteiger partial charge in [0.05, 0.1) is 6.20 Å². The molecule has 0 amide bonds. The molecule has 4 rings (SSSR count). The SMILES string of the molecule is Cc1ccc(Nc2c(-c3cc(Br)ccc3O)nc3cnccn23)cc1Cl. The second-order valence-corrected chi connectivity index (χ2v) is 7.19. The van der Waals surface area contributed by atoms with Crippen LogP contribution >= 0.6 is 27.5 Å². The third-order valence-corrected chi connectivity index (χ3v) is 4.98. The molecule has 0 saturated heterocycles. The molecular formula is C19H14BrClN4O. The maximum Gasteiger partial charge on any atom is 0.157 e. The lowest BCUT2D eigenvalue weighted by atomic mass is 10.1. The lowest BCUT2D eigenvalue weighted by Gasteiger charge is -2.11. The van der Waals surface area contributed by atoms with Gasteiger partial charge in [-0.3, -0.25) is 9.38 Å². The van der Waals surface area contributed by atoms with E-state index in [1.54, 1.807) is 24.5 Å². The summed E-state index contributed by atoms with van der Waals surface area (Å²) in [6, 6.07) is 11.0. The number of halogens is 2. The van der Waals surface area contributed by atoms with E-state index in [0.29, 0.717) is 21.9 Å². The Morgan fingerprint density at radius 2 is 2.04 bits per heavy atom. The van der Waals surface area contributed by atoms with Crippen molar-refractivity contribution >= 4 is 44.7 Å². The van der Waals surface area contributed by atoms with Crippen LogP contribution in [-0.4, -0.2) is 19.5 Å². The summed E-state index contributed by atoms with van der Waals surface area (Å²) in [5.74, 6) is 0.866. The van der Waals surface area contributed by atoms with Crippen LogP contribution in [0.3, 0.4) is 0 Å². The van der Waals surface area contributed by atoms with Crippen molar-refractivity contribution in [2.45, 2.75) is 6.92 Å². The smallest absolute Gasteiger partial charge is 0.157 e. The molecule has 2 aromatic heterocycles. The highest BCUT2D eigenvalue weighted by molar-refractivity contribution is 9.10. The number of aromatic hydroxyl groups is 1. The maximum absolute atomic E-state index is 10.3. The molecule has 26 heavy (non-hydrogen) atoms. The molecule has 2 aromatic carbocycles. The number of nitrogens with one attached hydrogen (secondary N) is 1. The average molecular weight is 430 g/mol. The summed E-state index contributed by atoms with van der Waals surface area (Å²) >= 11 is 9.71. The van der Waals surface area contributed by atoms with Crippen molar-refractivity contribution in [1.29, 1.82) is 0 Å². The van der Waals surface area contributed by atoms with Gasteiger partial charge in [-0.2, -0.15) is 0 Å². The molecule has 0 aliphatic heterocycles. The minimum absolute atomic E-state index is 0.148. The van der Waals surface area contributed by atoms with Gasteiger partial charge in [0.1, 0.15) is 17.3 Å². The molecule has 0 saturated carbocycles. The molecule has 0 radical (unpaired) electrons. The minimum Gasteiger partial charge on any atom is -0.507 e. The second kappa shape index (κ2) is 6.63. The van der Waals surface area contributed by atoms with Crippen LogP contribution in [0.1, 0.15) is 5.56 Å². The normalized spacial score (nSPS) is 11.0. The number of benzene rings is 2. The van der Waals surface area contributed by atoms with Gasteiger partial charge in [-0.15, -0.1) is 0 Å². The first kappa shape index (κ1) is 16.9. The summed E-state index contributed by atoms with van der Waals surface area (Å²) in [6.45, 7) is 1.96. The number of rotatable bonds is 3. The Labute approximate surface area is 163 Å². The molecule has 0 aliphatic carbocycles. The van der Waals surface area contributed by atoms with E-state index in [9.17, 15) is 5.11 Å². The number of imidazole rings is 1. The monoisotopic (exact) mass is 428 g/mol. The second-order valence-electron chi connectivity index (χ2n) is 5.86. The van der Waals surface area contributed by atoms with Crippen LogP contribution in [0.15, 0.2) is 59.5 Å². The molecule has 0 unspecified atom stereocenters. The average Bonchev–Trinajstić information content (AvgIpc) is 2.99. The molecule has 0 atom stereocenters. The van der Waals surface area contributed by atoms with Crippen molar-refractivity contribution in [3.05, 3.63) is 70.0 Å². The number of aromatic nitrogens is 3. The fraction of sp³-hybridized carbons (Fsp3) is 0.0526. The number of aryl methyl sites for hydroxylation is 1. The van der Waals surface area contributed by atoms with Crippen molar-refractivity contribution in [2.75, 3.05) is 5.32 Å². The van der Waals surface area contributed by atoms with Crippen LogP contribution < -0.4 is 5.32 Å². The van der Waals surface area contributed by atoms with Crippen molar-refractivity contribution in [3.63, 3.8) is 0 Å². The maximum atomic E-state index is 10.3. The molecule has 130 valence electrons. The van der Waals surface area contributed by atoms with Crippen molar-refractivity contribution < 1.29 is 5.11 Å². The lowest BCUT2D eigenvalue weighted by Crippen LogP contribution is -1.97. The van der Waals surface area contributed by atoms with Crippen LogP contribution in [0.25, 0.3) is 16.9 Å². The first-order chi connectivity index (χ1) is 12.5. The third-order valence-electron chi connectivity index (χ3n) is 4.08. The highest BCUT2D eigenvalue weighted by Gasteiger charge is 2.18. The van der Waals surface area contributed by atoms with Gasteiger partial charge in [0, 0.05) is 33.1 Å². The zero-order valence-corrected chi connectivity index (χ0v) is 16.1. The van der Waals surface area contributed by atoms with Gasteiger partial charge in [-0.05, 0) is 42.8 Å². The molecular weight excluding hydrogens is 416 g/mol. The Morgan fingerprint density at radius 3 is 2.85 bits per heavy atom. The number of anilines is 2. The lowest BCUT2D eigenvalue weighted by molar-refractivity contribution is 0.477. The summed E-state index contributed by atoms with van der Waals surface area (Å²) in [4.78, 5) is 8.77. The van der Waals surface area contributed by atoms with Crippen LogP contribution in [-0.2, 0) is 0 Å². The number of phenolic OH excluding ortho intramolecular Hbond substituents is 1. The van der Waals surface area contributed by atoms with Crippen LogP contribution in [0.5, 0.6) is 5.75 Å². The zero-order valence-electron chi connectivity index (χ0n) is 13.7. The van der Waals surface area contributed by atoms with Gasteiger partial charge in [-0.25, -0.2) is 4.98 Å². The molecule has 0 spiro atoms. The predicted octanol–water partition coefficient (Wildman–Crippen LogP) is 5.57. The molecule has 7 heteroatoms. The van der Waals surface area contributed by atoms with Crippen LogP contribution in [0.4, 0.5) is 11.5 Å². The van der Waals surface area contributed by atoms with E-state index in [1.807, 2.05) is 41.8 Å². The summed E-state index contributed by atoms with van der Waals surface area (Å²) in [5, 5.41) is 14.4. The van der Waals surface area contributed by atoms with E-state index in [4.69, 9.17) is 11.6 Å². The van der Waals surface area contributed by atoms with Gasteiger partial charge in [-0.1, -0.05) is 33.6 Å². The largest absolute Gasteiger partial charge is 0.507 e. The highest BCUT2D eigenvalue weighted by Crippen LogP contribution is 2.37. The predicted molar refractivity (Wildman–Crippen MR) is 107 cm³/mol. The summed E-state index contributed by atoms with van der Waals surface area (Å²) in [6.07, 6.45) is 5.18. The van der Waals surface area contributed by atoms with Gasteiger partial charge >= 0.3 is 0 Å². The van der Waals surface area contributed by atoms with E-state index in [1.165, 1.54) is 0 Å². The molecule has 5 nitrogen and oxygen atoms in total. The van der Waals surface area contributed by atoms with Crippen molar-refractivity contribution in [1.82, 2.24) is 14.4 Å². The number of fused-ring (bicyclic) bond motifs is 1. The van der Waals surface area contributed by atoms with Crippen LogP contribution in [0, 0.1) is 6.92 Å². The quantitative estimate of drug-likeness (QED) is 0.447. The topological polar surface area (TPSA) is 62.5 Å². The summed E-state index contributed by atoms with van der Waals surface area (Å²) in [7, 11) is 0. The van der Waals surface area contributed by atoms with E-state index >= 15 is 0 Å². The Bertz CT molecular complexity index is 1130. The van der Waals surface area contributed by atoms with Gasteiger partial charge < -0.3 is 10.4 Å². The first-order valence-corrected chi connectivity index (χ1v) is 9.04. The molecule has 2 heterocycles. The summed E-state index contributed by atoms with van der Waals surface area (Å²) < 4.78 is 2.74. The minimum atomic E-state index is 0.148. The highest BCUT2D eigenvalue weighted by atomic mass is 79.9. The third kappa shape index (κ3) is 3.02. The van der Waals surface area contributed by atoms with Crippen molar-refractivity contribution in [3.8, 4) is 17.0 Å². The molecule has 2 N–H and O–H groups in total.